The Balaban J connectivity index is 1.33. The maximum absolute atomic E-state index is 13.8. The number of nitrogens with zero attached hydrogens (tertiary/aromatic N) is 4. The number of likely N-dealkylation sites (N-methyl/N-ethyl adjacent to an activating group) is 1. The number of amides is 2. The lowest BCUT2D eigenvalue weighted by Gasteiger charge is -2.39. The van der Waals surface area contributed by atoms with Crippen LogP contribution < -0.4 is 14.8 Å². The van der Waals surface area contributed by atoms with Gasteiger partial charge in [0.15, 0.2) is 11.5 Å². The lowest BCUT2D eigenvalue weighted by atomic mass is 9.79. The topological polar surface area (TPSA) is 98.6 Å². The van der Waals surface area contributed by atoms with Crippen LogP contribution in [0.25, 0.3) is 0 Å². The molecule has 6 rings (SSSR count). The van der Waals surface area contributed by atoms with Gasteiger partial charge in [0.05, 0.1) is 18.5 Å². The average Bonchev–Trinajstić information content (AvgIpc) is 3.59. The minimum atomic E-state index is -0.626. The number of nitrogens with one attached hydrogen (secondary N) is 1. The highest BCUT2D eigenvalue weighted by atomic mass is 16.7. The van der Waals surface area contributed by atoms with Crippen molar-refractivity contribution in [1.82, 2.24) is 19.7 Å². The lowest BCUT2D eigenvalue weighted by Crippen LogP contribution is -2.44. The Bertz CT molecular complexity index is 1440. The van der Waals surface area contributed by atoms with E-state index in [9.17, 15) is 9.59 Å². The standard InChI is InChI=1S/C27H23N5O4/c1-31-25(18-8-11-22-23(12-18)36-16-35-22)24(20-4-2-3-5-21(20)27(31)34)26(33)30-19-9-6-17(7-10-19)13-32-15-28-14-29-32/h2-12,14-15,24-25H,13,16H2,1H3,(H,30,33)/t24-,25+/m0/s1. The Morgan fingerprint density at radius 3 is 2.67 bits per heavy atom. The van der Waals surface area contributed by atoms with E-state index in [0.717, 1.165) is 11.1 Å². The Morgan fingerprint density at radius 2 is 1.86 bits per heavy atom. The quantitative estimate of drug-likeness (QED) is 0.468. The lowest BCUT2D eigenvalue weighted by molar-refractivity contribution is -0.119. The summed E-state index contributed by atoms with van der Waals surface area (Å²) in [5, 5.41) is 7.18. The van der Waals surface area contributed by atoms with Crippen molar-refractivity contribution >= 4 is 17.5 Å². The molecule has 36 heavy (non-hydrogen) atoms. The third-order valence-electron chi connectivity index (χ3n) is 6.63. The van der Waals surface area contributed by atoms with Crippen molar-refractivity contribution in [3.05, 3.63) is 102 Å². The Kier molecular flexibility index (Phi) is 5.37. The maximum atomic E-state index is 13.8. The van der Waals surface area contributed by atoms with Crippen LogP contribution in [0.1, 0.15) is 39.0 Å². The molecule has 0 spiro atoms. The molecule has 180 valence electrons. The van der Waals surface area contributed by atoms with E-state index < -0.39 is 12.0 Å². The van der Waals surface area contributed by atoms with Crippen LogP contribution in [0.15, 0.2) is 79.4 Å². The van der Waals surface area contributed by atoms with Gasteiger partial charge in [0.2, 0.25) is 12.7 Å². The van der Waals surface area contributed by atoms with Crippen molar-refractivity contribution in [2.24, 2.45) is 0 Å². The van der Waals surface area contributed by atoms with Gasteiger partial charge in [-0.1, -0.05) is 36.4 Å². The number of anilines is 1. The van der Waals surface area contributed by atoms with E-state index in [1.54, 1.807) is 29.0 Å². The summed E-state index contributed by atoms with van der Waals surface area (Å²) in [5.74, 6) is 0.299. The van der Waals surface area contributed by atoms with Crippen LogP contribution in [-0.2, 0) is 11.3 Å². The molecule has 3 aromatic carbocycles. The predicted octanol–water partition coefficient (Wildman–Crippen LogP) is 3.60. The number of fused-ring (bicyclic) bond motifs is 2. The van der Waals surface area contributed by atoms with Gasteiger partial charge in [0, 0.05) is 18.3 Å². The summed E-state index contributed by atoms with van der Waals surface area (Å²) in [6.07, 6.45) is 3.15. The average molecular weight is 482 g/mol. The van der Waals surface area contributed by atoms with E-state index in [4.69, 9.17) is 9.47 Å². The van der Waals surface area contributed by atoms with E-state index in [0.29, 0.717) is 34.9 Å². The fraction of sp³-hybridized carbons (Fsp3) is 0.185. The van der Waals surface area contributed by atoms with Crippen LogP contribution in [0.2, 0.25) is 0 Å². The molecule has 0 aliphatic carbocycles. The summed E-state index contributed by atoms with van der Waals surface area (Å²) in [4.78, 5) is 32.7. The first-order chi connectivity index (χ1) is 17.6. The second-order valence-corrected chi connectivity index (χ2v) is 8.82. The normalized spacial score (nSPS) is 18.1. The molecule has 9 nitrogen and oxygen atoms in total. The van der Waals surface area contributed by atoms with Crippen molar-refractivity contribution in [1.29, 1.82) is 0 Å². The molecule has 2 amide bonds. The third-order valence-corrected chi connectivity index (χ3v) is 6.63. The summed E-state index contributed by atoms with van der Waals surface area (Å²) in [6, 6.07) is 19.9. The van der Waals surface area contributed by atoms with E-state index in [1.165, 1.54) is 6.33 Å². The van der Waals surface area contributed by atoms with Crippen LogP contribution >= 0.6 is 0 Å². The number of hydrogen-bond acceptors (Lipinski definition) is 6. The number of ether oxygens (including phenoxy) is 2. The summed E-state index contributed by atoms with van der Waals surface area (Å²) >= 11 is 0. The Hall–Kier alpha value is -4.66. The van der Waals surface area contributed by atoms with Crippen LogP contribution in [0.3, 0.4) is 0 Å². The molecular weight excluding hydrogens is 458 g/mol. The van der Waals surface area contributed by atoms with Gasteiger partial charge in [-0.25, -0.2) is 9.67 Å². The molecule has 0 unspecified atom stereocenters. The number of aromatic nitrogens is 3. The van der Waals surface area contributed by atoms with Crippen molar-refractivity contribution < 1.29 is 19.1 Å². The Morgan fingerprint density at radius 1 is 1.06 bits per heavy atom. The molecule has 1 aromatic heterocycles. The van der Waals surface area contributed by atoms with E-state index in [-0.39, 0.29) is 18.6 Å². The van der Waals surface area contributed by atoms with Gasteiger partial charge < -0.3 is 19.7 Å². The monoisotopic (exact) mass is 481 g/mol. The van der Waals surface area contributed by atoms with Gasteiger partial charge in [-0.3, -0.25) is 9.59 Å². The summed E-state index contributed by atoms with van der Waals surface area (Å²) in [7, 11) is 1.73. The van der Waals surface area contributed by atoms with Gasteiger partial charge in [0.1, 0.15) is 12.7 Å². The largest absolute Gasteiger partial charge is 0.454 e. The molecule has 9 heteroatoms. The third kappa shape index (κ3) is 3.84. The van der Waals surface area contributed by atoms with Gasteiger partial charge in [-0.05, 0) is 47.0 Å². The van der Waals surface area contributed by atoms with Gasteiger partial charge in [-0.2, -0.15) is 5.10 Å². The Labute approximate surface area is 207 Å². The van der Waals surface area contributed by atoms with Gasteiger partial charge in [-0.15, -0.1) is 0 Å². The summed E-state index contributed by atoms with van der Waals surface area (Å²) < 4.78 is 12.7. The number of benzene rings is 3. The fourth-order valence-electron chi connectivity index (χ4n) is 4.89. The number of carbonyl (C=O) groups excluding carboxylic acids is 2. The van der Waals surface area contributed by atoms with Crippen molar-refractivity contribution in [2.75, 3.05) is 19.2 Å². The molecule has 2 aliphatic rings. The van der Waals surface area contributed by atoms with Crippen LogP contribution in [-0.4, -0.2) is 45.3 Å². The highest BCUT2D eigenvalue weighted by Gasteiger charge is 2.43. The fourth-order valence-corrected chi connectivity index (χ4v) is 4.89. The zero-order chi connectivity index (χ0) is 24.6. The first-order valence-electron chi connectivity index (χ1n) is 11.6. The number of carbonyl (C=O) groups is 2. The SMILES string of the molecule is CN1C(=O)c2ccccc2[C@H](C(=O)Nc2ccc(Cn3cncn3)cc2)[C@H]1c1ccc2c(c1)OCO2. The predicted molar refractivity (Wildman–Crippen MR) is 131 cm³/mol. The van der Waals surface area contributed by atoms with Crippen LogP contribution in [0, 0.1) is 0 Å². The smallest absolute Gasteiger partial charge is 0.254 e. The highest BCUT2D eigenvalue weighted by molar-refractivity contribution is 6.04. The molecule has 0 fully saturated rings. The summed E-state index contributed by atoms with van der Waals surface area (Å²) in [5.41, 5.74) is 3.73. The number of hydrogen-bond donors (Lipinski definition) is 1. The zero-order valence-electron chi connectivity index (χ0n) is 19.5. The first-order valence-corrected chi connectivity index (χ1v) is 11.6. The molecule has 2 atom stereocenters. The number of rotatable bonds is 5. The van der Waals surface area contributed by atoms with Crippen molar-refractivity contribution in [2.45, 2.75) is 18.5 Å². The van der Waals surface area contributed by atoms with Crippen molar-refractivity contribution in [3.8, 4) is 11.5 Å². The molecule has 0 bridgehead atoms. The van der Waals surface area contributed by atoms with Gasteiger partial charge in [0.25, 0.3) is 5.91 Å². The molecule has 0 saturated heterocycles. The van der Waals surface area contributed by atoms with Crippen molar-refractivity contribution in [3.63, 3.8) is 0 Å². The van der Waals surface area contributed by atoms with E-state index >= 15 is 0 Å². The minimum Gasteiger partial charge on any atom is -0.454 e. The van der Waals surface area contributed by atoms with Gasteiger partial charge >= 0.3 is 0 Å². The second-order valence-electron chi connectivity index (χ2n) is 8.82. The van der Waals surface area contributed by atoms with Crippen LogP contribution in [0.5, 0.6) is 11.5 Å². The van der Waals surface area contributed by atoms with E-state index in [1.807, 2.05) is 60.7 Å². The van der Waals surface area contributed by atoms with E-state index in [2.05, 4.69) is 15.4 Å². The second kappa shape index (κ2) is 8.84. The zero-order valence-corrected chi connectivity index (χ0v) is 19.5. The molecule has 1 N–H and O–H groups in total. The molecule has 2 aliphatic heterocycles. The maximum Gasteiger partial charge on any atom is 0.254 e. The first kappa shape index (κ1) is 21.8. The minimum absolute atomic E-state index is 0.130. The molecule has 4 aromatic rings. The molecule has 0 saturated carbocycles. The molecule has 3 heterocycles. The summed E-state index contributed by atoms with van der Waals surface area (Å²) in [6.45, 7) is 0.737. The van der Waals surface area contributed by atoms with Crippen LogP contribution in [0.4, 0.5) is 5.69 Å². The molecular formula is C27H23N5O4. The highest BCUT2D eigenvalue weighted by Crippen LogP contribution is 2.45. The molecule has 0 radical (unpaired) electrons.